The van der Waals surface area contributed by atoms with Crippen LogP contribution in [0.5, 0.6) is 11.5 Å². The van der Waals surface area contributed by atoms with Gasteiger partial charge in [-0.25, -0.2) is 4.98 Å². The molecule has 1 amide bonds. The number of fused-ring (bicyclic) bond motifs is 2. The average Bonchev–Trinajstić information content (AvgIpc) is 3.13. The highest BCUT2D eigenvalue weighted by atomic mass is 32.2. The van der Waals surface area contributed by atoms with Crippen molar-refractivity contribution in [2.75, 3.05) is 25.4 Å². The zero-order valence-corrected chi connectivity index (χ0v) is 16.6. The summed E-state index contributed by atoms with van der Waals surface area (Å²) in [6, 6.07) is 15.6. The monoisotopic (exact) mass is 400 g/mol. The van der Waals surface area contributed by atoms with Crippen LogP contribution in [0.2, 0.25) is 0 Å². The van der Waals surface area contributed by atoms with E-state index in [0.29, 0.717) is 25.4 Å². The number of thioether (sulfide) groups is 1. The van der Waals surface area contributed by atoms with E-state index in [4.69, 9.17) is 9.47 Å². The third-order valence-electron chi connectivity index (χ3n) is 4.32. The van der Waals surface area contributed by atoms with Crippen LogP contribution in [-0.4, -0.2) is 47.3 Å². The highest BCUT2D eigenvalue weighted by Gasteiger charge is 2.24. The van der Waals surface area contributed by atoms with Gasteiger partial charge < -0.3 is 14.4 Å². The number of amides is 1. The lowest BCUT2D eigenvalue weighted by Gasteiger charge is -2.30. The lowest BCUT2D eigenvalue weighted by atomic mass is 10.2. The molecule has 0 N–H and O–H groups in total. The number of nitrogens with zero attached hydrogens (tertiary/aromatic N) is 2. The predicted molar refractivity (Wildman–Crippen MR) is 109 cm³/mol. The number of carbonyl (C=O) groups excluding carboxylic acids is 1. The van der Waals surface area contributed by atoms with E-state index in [1.54, 1.807) is 11.3 Å². The van der Waals surface area contributed by atoms with Crippen molar-refractivity contribution in [1.29, 1.82) is 0 Å². The molecule has 0 radical (unpaired) electrons. The predicted octanol–water partition coefficient (Wildman–Crippen LogP) is 4.08. The maximum atomic E-state index is 12.7. The van der Waals surface area contributed by atoms with Gasteiger partial charge in [-0.15, -0.1) is 11.3 Å². The Balaban J connectivity index is 1.34. The Hall–Kier alpha value is -2.25. The highest BCUT2D eigenvalue weighted by molar-refractivity contribution is 8.01. The first-order chi connectivity index (χ1) is 13.2. The summed E-state index contributed by atoms with van der Waals surface area (Å²) in [5.74, 6) is 1.96. The molecule has 5 nitrogen and oxygen atoms in total. The normalized spacial score (nSPS) is 15.7. The molecule has 27 heavy (non-hydrogen) atoms. The molecule has 0 aliphatic carbocycles. The SMILES string of the molecule is CCN(CC1COc2ccccc2O1)C(=O)CSc1nc2ccccc2s1. The zero-order valence-electron chi connectivity index (χ0n) is 15.0. The number of likely N-dealkylation sites (N-methyl/N-ethyl adjacent to an activating group) is 1. The second-order valence-electron chi connectivity index (χ2n) is 6.17. The van der Waals surface area contributed by atoms with Crippen LogP contribution in [0.4, 0.5) is 0 Å². The quantitative estimate of drug-likeness (QED) is 0.584. The molecule has 0 bridgehead atoms. The summed E-state index contributed by atoms with van der Waals surface area (Å²) in [6.07, 6.45) is -0.156. The number of rotatable bonds is 6. The van der Waals surface area contributed by atoms with Crippen LogP contribution in [0.25, 0.3) is 10.2 Å². The van der Waals surface area contributed by atoms with Gasteiger partial charge >= 0.3 is 0 Å². The first-order valence-electron chi connectivity index (χ1n) is 8.87. The standard InChI is InChI=1S/C20H20N2O3S2/c1-2-22(11-14-12-24-16-8-4-5-9-17(16)25-14)19(23)13-26-20-21-15-7-3-6-10-18(15)27-20/h3-10,14H,2,11-13H2,1H3. The summed E-state index contributed by atoms with van der Waals surface area (Å²) in [4.78, 5) is 19.1. The fraction of sp³-hybridized carbons (Fsp3) is 0.300. The molecule has 0 spiro atoms. The van der Waals surface area contributed by atoms with Crippen molar-refractivity contribution in [1.82, 2.24) is 9.88 Å². The Morgan fingerprint density at radius 3 is 2.81 bits per heavy atom. The van der Waals surface area contributed by atoms with Gasteiger partial charge in [-0.05, 0) is 31.2 Å². The van der Waals surface area contributed by atoms with Crippen LogP contribution in [0, 0.1) is 0 Å². The number of aromatic nitrogens is 1. The van der Waals surface area contributed by atoms with Gasteiger partial charge in [-0.2, -0.15) is 0 Å². The summed E-state index contributed by atoms with van der Waals surface area (Å²) < 4.78 is 13.8. The van der Waals surface area contributed by atoms with E-state index in [1.165, 1.54) is 11.8 Å². The summed E-state index contributed by atoms with van der Waals surface area (Å²) in [6.45, 7) is 3.59. The molecule has 4 rings (SSSR count). The Labute approximate surface area is 166 Å². The number of benzene rings is 2. The lowest BCUT2D eigenvalue weighted by molar-refractivity contribution is -0.129. The molecular weight excluding hydrogens is 380 g/mol. The summed E-state index contributed by atoms with van der Waals surface area (Å²) >= 11 is 3.12. The molecule has 2 heterocycles. The second-order valence-corrected chi connectivity index (χ2v) is 8.42. The molecule has 1 unspecified atom stereocenters. The third kappa shape index (κ3) is 4.20. The van der Waals surface area contributed by atoms with Crippen LogP contribution in [0.15, 0.2) is 52.9 Å². The van der Waals surface area contributed by atoms with E-state index >= 15 is 0 Å². The van der Waals surface area contributed by atoms with Crippen LogP contribution in [0.3, 0.4) is 0 Å². The highest BCUT2D eigenvalue weighted by Crippen LogP contribution is 2.31. The van der Waals surface area contributed by atoms with Gasteiger partial charge in [0.2, 0.25) is 5.91 Å². The van der Waals surface area contributed by atoms with Gasteiger partial charge in [0, 0.05) is 6.54 Å². The van der Waals surface area contributed by atoms with Crippen LogP contribution in [0.1, 0.15) is 6.92 Å². The van der Waals surface area contributed by atoms with Gasteiger partial charge in [0.25, 0.3) is 0 Å². The molecule has 140 valence electrons. The number of hydrogen-bond donors (Lipinski definition) is 0. The van der Waals surface area contributed by atoms with Gasteiger partial charge in [0.15, 0.2) is 21.9 Å². The maximum Gasteiger partial charge on any atom is 0.233 e. The fourth-order valence-corrected chi connectivity index (χ4v) is 4.90. The molecule has 0 fully saturated rings. The second kappa shape index (κ2) is 8.19. The van der Waals surface area contributed by atoms with Crippen molar-refractivity contribution in [3.8, 4) is 11.5 Å². The number of para-hydroxylation sites is 3. The molecule has 0 saturated heterocycles. The third-order valence-corrected chi connectivity index (χ3v) is 6.48. The van der Waals surface area contributed by atoms with Crippen LogP contribution in [-0.2, 0) is 4.79 Å². The number of ether oxygens (including phenoxy) is 2. The van der Waals surface area contributed by atoms with E-state index in [2.05, 4.69) is 11.1 Å². The molecule has 1 aliphatic heterocycles. The minimum Gasteiger partial charge on any atom is -0.486 e. The van der Waals surface area contributed by atoms with Crippen molar-refractivity contribution in [2.45, 2.75) is 17.4 Å². The van der Waals surface area contributed by atoms with Crippen LogP contribution >= 0.6 is 23.1 Å². The van der Waals surface area contributed by atoms with Gasteiger partial charge in [-0.3, -0.25) is 4.79 Å². The Morgan fingerprint density at radius 2 is 2.00 bits per heavy atom. The first-order valence-corrected chi connectivity index (χ1v) is 10.7. The number of hydrogen-bond acceptors (Lipinski definition) is 6. The summed E-state index contributed by atoms with van der Waals surface area (Å²) in [7, 11) is 0. The minimum absolute atomic E-state index is 0.0872. The largest absolute Gasteiger partial charge is 0.486 e. The van der Waals surface area contributed by atoms with E-state index in [-0.39, 0.29) is 12.0 Å². The van der Waals surface area contributed by atoms with E-state index in [0.717, 1.165) is 26.1 Å². The molecule has 2 aromatic carbocycles. The molecule has 1 atom stereocenters. The van der Waals surface area contributed by atoms with E-state index in [9.17, 15) is 4.79 Å². The van der Waals surface area contributed by atoms with Crippen molar-refractivity contribution in [2.24, 2.45) is 0 Å². The molecular formula is C20H20N2O3S2. The van der Waals surface area contributed by atoms with Crippen molar-refractivity contribution < 1.29 is 14.3 Å². The van der Waals surface area contributed by atoms with Gasteiger partial charge in [0.1, 0.15) is 6.61 Å². The molecule has 0 saturated carbocycles. The lowest BCUT2D eigenvalue weighted by Crippen LogP contribution is -2.44. The Kier molecular flexibility index (Phi) is 5.50. The van der Waals surface area contributed by atoms with Gasteiger partial charge in [0.05, 0.1) is 22.5 Å². The smallest absolute Gasteiger partial charge is 0.233 e. The van der Waals surface area contributed by atoms with E-state index in [1.807, 2.05) is 54.3 Å². The zero-order chi connectivity index (χ0) is 18.6. The van der Waals surface area contributed by atoms with Crippen LogP contribution < -0.4 is 9.47 Å². The van der Waals surface area contributed by atoms with Crippen molar-refractivity contribution in [3.05, 3.63) is 48.5 Å². The molecule has 1 aromatic heterocycles. The molecule has 7 heteroatoms. The minimum atomic E-state index is -0.156. The average molecular weight is 401 g/mol. The van der Waals surface area contributed by atoms with Crippen molar-refractivity contribution in [3.63, 3.8) is 0 Å². The molecule has 3 aromatic rings. The maximum absolute atomic E-state index is 12.7. The topological polar surface area (TPSA) is 51.7 Å². The Bertz CT molecular complexity index is 911. The summed E-state index contributed by atoms with van der Waals surface area (Å²) in [5, 5.41) is 0. The Morgan fingerprint density at radius 1 is 1.22 bits per heavy atom. The van der Waals surface area contributed by atoms with Gasteiger partial charge in [-0.1, -0.05) is 36.0 Å². The van der Waals surface area contributed by atoms with E-state index < -0.39 is 0 Å². The number of carbonyl (C=O) groups is 1. The number of thiazole rings is 1. The fourth-order valence-electron chi connectivity index (χ4n) is 2.93. The van der Waals surface area contributed by atoms with Crippen molar-refractivity contribution >= 4 is 39.2 Å². The molecule has 1 aliphatic rings. The first kappa shape index (κ1) is 18.1. The summed E-state index contributed by atoms with van der Waals surface area (Å²) in [5.41, 5.74) is 0.983.